The molecule has 0 saturated carbocycles. The summed E-state index contributed by atoms with van der Waals surface area (Å²) in [6.07, 6.45) is 0.770. The lowest BCUT2D eigenvalue weighted by molar-refractivity contribution is 0.209. The van der Waals surface area contributed by atoms with Gasteiger partial charge < -0.3 is 15.0 Å². The van der Waals surface area contributed by atoms with E-state index >= 15 is 0 Å². The zero-order chi connectivity index (χ0) is 15.1. The highest BCUT2D eigenvalue weighted by Crippen LogP contribution is 2.17. The van der Waals surface area contributed by atoms with Crippen LogP contribution in [0.25, 0.3) is 0 Å². The summed E-state index contributed by atoms with van der Waals surface area (Å²) in [4.78, 5) is 13.7. The van der Waals surface area contributed by atoms with Crippen molar-refractivity contribution in [2.24, 2.45) is 0 Å². The number of amides is 2. The number of hydrogen-bond acceptors (Lipinski definition) is 3. The Morgan fingerprint density at radius 2 is 2.14 bits per heavy atom. The van der Waals surface area contributed by atoms with Gasteiger partial charge in [-0.15, -0.1) is 0 Å². The van der Waals surface area contributed by atoms with Crippen molar-refractivity contribution in [2.45, 2.75) is 13.0 Å². The van der Waals surface area contributed by atoms with Crippen molar-refractivity contribution in [3.63, 3.8) is 0 Å². The van der Waals surface area contributed by atoms with E-state index in [0.29, 0.717) is 13.1 Å². The topological polar surface area (TPSA) is 41.6 Å². The van der Waals surface area contributed by atoms with Gasteiger partial charge in [0.25, 0.3) is 0 Å². The number of thiophene rings is 1. The van der Waals surface area contributed by atoms with Gasteiger partial charge in [0, 0.05) is 20.1 Å². The van der Waals surface area contributed by atoms with Crippen LogP contribution >= 0.6 is 11.3 Å². The van der Waals surface area contributed by atoms with E-state index in [1.54, 1.807) is 30.4 Å². The summed E-state index contributed by atoms with van der Waals surface area (Å²) in [7, 11) is 3.47. The third kappa shape index (κ3) is 4.49. The third-order valence-corrected chi connectivity index (χ3v) is 4.01. The second kappa shape index (κ2) is 7.69. The Labute approximate surface area is 129 Å². The Morgan fingerprint density at radius 1 is 1.33 bits per heavy atom. The van der Waals surface area contributed by atoms with Crippen LogP contribution in [-0.4, -0.2) is 31.6 Å². The molecule has 0 aliphatic heterocycles. The summed E-state index contributed by atoms with van der Waals surface area (Å²) < 4.78 is 5.32. The summed E-state index contributed by atoms with van der Waals surface area (Å²) in [6.45, 7) is 1.22. The first-order valence-corrected chi connectivity index (χ1v) is 7.77. The highest BCUT2D eigenvalue weighted by atomic mass is 32.1. The molecule has 0 fully saturated rings. The molecule has 0 aliphatic rings. The van der Waals surface area contributed by atoms with Crippen LogP contribution in [0.3, 0.4) is 0 Å². The smallest absolute Gasteiger partial charge is 0.317 e. The maximum Gasteiger partial charge on any atom is 0.317 e. The summed E-state index contributed by atoms with van der Waals surface area (Å²) in [5.41, 5.74) is 2.24. The lowest BCUT2D eigenvalue weighted by Crippen LogP contribution is -2.37. The average molecular weight is 304 g/mol. The highest BCUT2D eigenvalue weighted by molar-refractivity contribution is 7.07. The van der Waals surface area contributed by atoms with Crippen molar-refractivity contribution in [3.8, 4) is 5.75 Å². The van der Waals surface area contributed by atoms with Crippen molar-refractivity contribution in [3.05, 3.63) is 52.2 Å². The van der Waals surface area contributed by atoms with Crippen LogP contribution in [0.5, 0.6) is 5.75 Å². The number of para-hydroxylation sites is 1. The minimum absolute atomic E-state index is 0.0592. The van der Waals surface area contributed by atoms with Crippen LogP contribution in [0.1, 0.15) is 11.1 Å². The molecule has 5 heteroatoms. The van der Waals surface area contributed by atoms with Crippen LogP contribution in [0.15, 0.2) is 41.1 Å². The molecule has 2 aromatic rings. The Bertz CT molecular complexity index is 569. The minimum Gasteiger partial charge on any atom is -0.496 e. The molecular weight excluding hydrogens is 284 g/mol. The summed E-state index contributed by atoms with van der Waals surface area (Å²) in [5, 5.41) is 6.96. The number of ether oxygens (including phenoxy) is 1. The third-order valence-electron chi connectivity index (χ3n) is 3.28. The van der Waals surface area contributed by atoms with E-state index in [1.807, 2.05) is 41.1 Å². The number of methoxy groups -OCH3 is 1. The highest BCUT2D eigenvalue weighted by Gasteiger charge is 2.09. The normalized spacial score (nSPS) is 10.2. The standard InChI is InChI=1S/C16H20N2O2S/c1-18(16(19)17-11-13-8-10-21-12-13)9-7-14-5-3-4-6-15(14)20-2/h3-6,8,10,12H,7,9,11H2,1-2H3,(H,17,19). The molecule has 0 spiro atoms. The monoisotopic (exact) mass is 304 g/mol. The van der Waals surface area contributed by atoms with Gasteiger partial charge in [-0.05, 0) is 40.4 Å². The van der Waals surface area contributed by atoms with E-state index in [4.69, 9.17) is 4.74 Å². The molecule has 4 nitrogen and oxygen atoms in total. The molecule has 0 bridgehead atoms. The number of likely N-dealkylation sites (N-methyl/N-ethyl adjacent to an activating group) is 1. The number of nitrogens with one attached hydrogen (secondary N) is 1. The Balaban J connectivity index is 1.80. The van der Waals surface area contributed by atoms with Gasteiger partial charge in [0.15, 0.2) is 0 Å². The number of urea groups is 1. The Kier molecular flexibility index (Phi) is 5.63. The quantitative estimate of drug-likeness (QED) is 0.891. The number of rotatable bonds is 6. The van der Waals surface area contributed by atoms with E-state index in [2.05, 4.69) is 5.32 Å². The fourth-order valence-corrected chi connectivity index (χ4v) is 2.67. The van der Waals surface area contributed by atoms with Gasteiger partial charge in [-0.3, -0.25) is 0 Å². The van der Waals surface area contributed by atoms with Gasteiger partial charge >= 0.3 is 6.03 Å². The lowest BCUT2D eigenvalue weighted by atomic mass is 10.1. The van der Waals surface area contributed by atoms with Crippen molar-refractivity contribution in [1.29, 1.82) is 0 Å². The first kappa shape index (κ1) is 15.4. The molecule has 1 aromatic carbocycles. The predicted molar refractivity (Wildman–Crippen MR) is 85.9 cm³/mol. The molecule has 21 heavy (non-hydrogen) atoms. The molecule has 2 amide bonds. The van der Waals surface area contributed by atoms with Crippen molar-refractivity contribution >= 4 is 17.4 Å². The predicted octanol–water partition coefficient (Wildman–Crippen LogP) is 3.14. The van der Waals surface area contributed by atoms with Crippen LogP contribution in [-0.2, 0) is 13.0 Å². The van der Waals surface area contributed by atoms with Crippen molar-refractivity contribution < 1.29 is 9.53 Å². The van der Waals surface area contributed by atoms with Gasteiger partial charge in [-0.1, -0.05) is 18.2 Å². The van der Waals surface area contributed by atoms with Gasteiger partial charge in [-0.2, -0.15) is 11.3 Å². The van der Waals surface area contributed by atoms with Crippen LogP contribution in [0.4, 0.5) is 4.79 Å². The maximum atomic E-state index is 12.0. The van der Waals surface area contributed by atoms with Gasteiger partial charge in [0.1, 0.15) is 5.75 Å². The second-order valence-corrected chi connectivity index (χ2v) is 5.55. The van der Waals surface area contributed by atoms with Crippen LogP contribution in [0, 0.1) is 0 Å². The molecule has 1 aromatic heterocycles. The Morgan fingerprint density at radius 3 is 2.86 bits per heavy atom. The molecule has 0 atom stereocenters. The van der Waals surface area contributed by atoms with Gasteiger partial charge in [0.2, 0.25) is 0 Å². The zero-order valence-corrected chi connectivity index (χ0v) is 13.2. The van der Waals surface area contributed by atoms with E-state index in [0.717, 1.165) is 23.3 Å². The largest absolute Gasteiger partial charge is 0.496 e. The van der Waals surface area contributed by atoms with Crippen molar-refractivity contribution in [2.75, 3.05) is 20.7 Å². The molecule has 0 saturated heterocycles. The van der Waals surface area contributed by atoms with E-state index < -0.39 is 0 Å². The van der Waals surface area contributed by atoms with Crippen LogP contribution < -0.4 is 10.1 Å². The molecular formula is C16H20N2O2S. The van der Waals surface area contributed by atoms with Gasteiger partial charge in [0.05, 0.1) is 7.11 Å². The average Bonchev–Trinajstić information content (AvgIpc) is 3.03. The zero-order valence-electron chi connectivity index (χ0n) is 12.3. The molecule has 1 heterocycles. The molecule has 112 valence electrons. The summed E-state index contributed by atoms with van der Waals surface area (Å²) >= 11 is 1.63. The molecule has 0 radical (unpaired) electrons. The summed E-state index contributed by atoms with van der Waals surface area (Å²) in [5.74, 6) is 0.865. The fraction of sp³-hybridized carbons (Fsp3) is 0.312. The first-order chi connectivity index (χ1) is 10.2. The van der Waals surface area contributed by atoms with Gasteiger partial charge in [-0.25, -0.2) is 4.79 Å². The van der Waals surface area contributed by atoms with Crippen LogP contribution in [0.2, 0.25) is 0 Å². The molecule has 1 N–H and O–H groups in total. The van der Waals surface area contributed by atoms with Crippen molar-refractivity contribution in [1.82, 2.24) is 10.2 Å². The number of carbonyl (C=O) groups excluding carboxylic acids is 1. The molecule has 2 rings (SSSR count). The second-order valence-electron chi connectivity index (χ2n) is 4.77. The fourth-order valence-electron chi connectivity index (χ4n) is 2.01. The maximum absolute atomic E-state index is 12.0. The SMILES string of the molecule is COc1ccccc1CCN(C)C(=O)NCc1ccsc1. The van der Waals surface area contributed by atoms with E-state index in [-0.39, 0.29) is 6.03 Å². The first-order valence-electron chi connectivity index (χ1n) is 6.82. The van der Waals surface area contributed by atoms with E-state index in [9.17, 15) is 4.79 Å². The number of hydrogen-bond donors (Lipinski definition) is 1. The molecule has 0 unspecified atom stereocenters. The number of carbonyl (C=O) groups is 1. The number of nitrogens with zero attached hydrogens (tertiary/aromatic N) is 1. The number of benzene rings is 1. The minimum atomic E-state index is -0.0592. The van der Waals surface area contributed by atoms with E-state index in [1.165, 1.54) is 0 Å². The molecule has 0 aliphatic carbocycles. The summed E-state index contributed by atoms with van der Waals surface area (Å²) in [6, 6.07) is 9.84. The Hall–Kier alpha value is -2.01. The lowest BCUT2D eigenvalue weighted by Gasteiger charge is -2.18.